The van der Waals surface area contributed by atoms with Crippen LogP contribution in [0.5, 0.6) is 0 Å². The van der Waals surface area contributed by atoms with Crippen LogP contribution in [0.3, 0.4) is 0 Å². The lowest BCUT2D eigenvalue weighted by atomic mass is 9.83. The summed E-state index contributed by atoms with van der Waals surface area (Å²) in [5.74, 6) is -0.962. The highest BCUT2D eigenvalue weighted by atomic mass is 32.2. The number of rotatable bonds is 7. The molecule has 2 heterocycles. The van der Waals surface area contributed by atoms with E-state index >= 15 is 0 Å². The summed E-state index contributed by atoms with van der Waals surface area (Å²) in [5, 5.41) is -0.0404. The number of hydrogen-bond acceptors (Lipinski definition) is 5. The lowest BCUT2D eigenvalue weighted by molar-refractivity contribution is 0.0614. The lowest BCUT2D eigenvalue weighted by Gasteiger charge is -2.27. The number of primary amides is 1. The van der Waals surface area contributed by atoms with Gasteiger partial charge in [-0.05, 0) is 24.1 Å². The number of imidazole rings is 1. The summed E-state index contributed by atoms with van der Waals surface area (Å²) in [6.07, 6.45) is 2.71. The van der Waals surface area contributed by atoms with Gasteiger partial charge in [0.15, 0.2) is 5.03 Å². The van der Waals surface area contributed by atoms with Crippen LogP contribution in [0.2, 0.25) is 0 Å². The summed E-state index contributed by atoms with van der Waals surface area (Å²) in [4.78, 5) is 15.4. The molecule has 0 bridgehead atoms. The molecule has 10 heteroatoms. The van der Waals surface area contributed by atoms with Gasteiger partial charge in [-0.2, -0.15) is 4.31 Å². The van der Waals surface area contributed by atoms with Crippen molar-refractivity contribution in [3.63, 3.8) is 0 Å². The van der Waals surface area contributed by atoms with Gasteiger partial charge in [-0.3, -0.25) is 0 Å². The molecule has 1 aliphatic heterocycles. The Kier molecular flexibility index (Phi) is 6.23. The average Bonchev–Trinajstić information content (AvgIpc) is 3.29. The van der Waals surface area contributed by atoms with Gasteiger partial charge in [0, 0.05) is 38.2 Å². The fourth-order valence-corrected chi connectivity index (χ4v) is 5.35. The molecule has 0 aliphatic carbocycles. The molecule has 158 valence electrons. The van der Waals surface area contributed by atoms with E-state index in [0.717, 1.165) is 12.0 Å². The monoisotopic (exact) mass is 424 g/mol. The van der Waals surface area contributed by atoms with Crippen LogP contribution in [0, 0.1) is 11.7 Å². The predicted octanol–water partition coefficient (Wildman–Crippen LogP) is 2.23. The van der Waals surface area contributed by atoms with E-state index in [-0.39, 0.29) is 35.8 Å². The fourth-order valence-electron chi connectivity index (χ4n) is 3.88. The van der Waals surface area contributed by atoms with Crippen molar-refractivity contribution < 1.29 is 22.3 Å². The maximum absolute atomic E-state index is 13.4. The molecule has 8 nitrogen and oxygen atoms in total. The SMILES string of the molecule is CCCC(OC(N)=O)C1CN(S(=O)(=O)c2cn(C)cn2)CC1c1ccc(F)cc1. The third-order valence-corrected chi connectivity index (χ3v) is 6.95. The molecule has 1 aromatic heterocycles. The topological polar surface area (TPSA) is 108 Å². The van der Waals surface area contributed by atoms with Crippen LogP contribution in [-0.2, 0) is 21.8 Å². The third-order valence-electron chi connectivity index (χ3n) is 5.23. The van der Waals surface area contributed by atoms with E-state index in [9.17, 15) is 17.6 Å². The normalized spacial score (nSPS) is 21.2. The Bertz CT molecular complexity index is 961. The van der Waals surface area contributed by atoms with Crippen LogP contribution in [0.15, 0.2) is 41.8 Å². The second kappa shape index (κ2) is 8.50. The van der Waals surface area contributed by atoms with Crippen LogP contribution < -0.4 is 5.73 Å². The van der Waals surface area contributed by atoms with Crippen molar-refractivity contribution >= 4 is 16.1 Å². The van der Waals surface area contributed by atoms with Crippen molar-refractivity contribution in [3.05, 3.63) is 48.2 Å². The minimum atomic E-state index is -3.82. The molecule has 1 fully saturated rings. The van der Waals surface area contributed by atoms with E-state index in [2.05, 4.69) is 4.98 Å². The Labute approximate surface area is 169 Å². The van der Waals surface area contributed by atoms with Crippen molar-refractivity contribution in [1.82, 2.24) is 13.9 Å². The number of sulfonamides is 1. The Balaban J connectivity index is 1.96. The fraction of sp³-hybridized carbons (Fsp3) is 0.474. The standard InChI is InChI=1S/C19H25FN4O4S/c1-3-4-17(28-19(21)25)16-10-24(29(26,27)18-11-23(2)12-22-18)9-15(16)13-5-7-14(20)8-6-13/h5-8,11-12,15-17H,3-4,9-10H2,1-2H3,(H2,21,25). The van der Waals surface area contributed by atoms with E-state index in [1.807, 2.05) is 6.92 Å². The molecule has 2 aromatic rings. The number of nitrogens with zero attached hydrogens (tertiary/aromatic N) is 3. The number of benzene rings is 1. The Morgan fingerprint density at radius 2 is 2.03 bits per heavy atom. The van der Waals surface area contributed by atoms with Crippen molar-refractivity contribution in [1.29, 1.82) is 0 Å². The largest absolute Gasteiger partial charge is 0.446 e. The summed E-state index contributed by atoms with van der Waals surface area (Å²) in [5.41, 5.74) is 6.04. The molecule has 1 aromatic carbocycles. The smallest absolute Gasteiger partial charge is 0.404 e. The molecule has 0 radical (unpaired) electrons. The molecular formula is C19H25FN4O4S. The molecule has 3 rings (SSSR count). The third kappa shape index (κ3) is 4.59. The first kappa shape index (κ1) is 21.3. The molecule has 29 heavy (non-hydrogen) atoms. The van der Waals surface area contributed by atoms with Crippen LogP contribution >= 0.6 is 0 Å². The zero-order valence-electron chi connectivity index (χ0n) is 16.4. The Hall–Kier alpha value is -2.46. The van der Waals surface area contributed by atoms with E-state index in [1.54, 1.807) is 23.7 Å². The van der Waals surface area contributed by atoms with Gasteiger partial charge < -0.3 is 15.0 Å². The minimum absolute atomic E-state index is 0.0404. The van der Waals surface area contributed by atoms with Crippen LogP contribution in [0.4, 0.5) is 9.18 Å². The van der Waals surface area contributed by atoms with Crippen molar-refractivity contribution in [3.8, 4) is 0 Å². The average molecular weight is 424 g/mol. The Morgan fingerprint density at radius 3 is 2.59 bits per heavy atom. The van der Waals surface area contributed by atoms with Gasteiger partial charge in [0.2, 0.25) is 0 Å². The number of amides is 1. The van der Waals surface area contributed by atoms with Gasteiger partial charge in [0.05, 0.1) is 6.33 Å². The van der Waals surface area contributed by atoms with Crippen LogP contribution in [0.1, 0.15) is 31.2 Å². The van der Waals surface area contributed by atoms with Crippen LogP contribution in [0.25, 0.3) is 0 Å². The van der Waals surface area contributed by atoms with Gasteiger partial charge >= 0.3 is 6.09 Å². The van der Waals surface area contributed by atoms with Crippen molar-refractivity contribution in [2.45, 2.75) is 36.8 Å². The van der Waals surface area contributed by atoms with E-state index < -0.39 is 22.2 Å². The number of aryl methyl sites for hydroxylation is 1. The summed E-state index contributed by atoms with van der Waals surface area (Å²) in [6.45, 7) is 2.28. The molecule has 3 unspecified atom stereocenters. The van der Waals surface area contributed by atoms with Crippen molar-refractivity contribution in [2.75, 3.05) is 13.1 Å². The number of hydrogen-bond donors (Lipinski definition) is 1. The maximum Gasteiger partial charge on any atom is 0.404 e. The highest BCUT2D eigenvalue weighted by molar-refractivity contribution is 7.89. The second-order valence-electron chi connectivity index (χ2n) is 7.29. The molecule has 1 saturated heterocycles. The zero-order valence-corrected chi connectivity index (χ0v) is 17.2. The van der Waals surface area contributed by atoms with Gasteiger partial charge in [0.1, 0.15) is 11.9 Å². The predicted molar refractivity (Wildman–Crippen MR) is 104 cm³/mol. The van der Waals surface area contributed by atoms with Crippen LogP contribution in [-0.4, -0.2) is 47.6 Å². The maximum atomic E-state index is 13.4. The van der Waals surface area contributed by atoms with E-state index in [4.69, 9.17) is 10.5 Å². The van der Waals surface area contributed by atoms with Gasteiger partial charge in [-0.15, -0.1) is 0 Å². The number of halogens is 1. The molecule has 0 saturated carbocycles. The number of ether oxygens (including phenoxy) is 1. The summed E-state index contributed by atoms with van der Waals surface area (Å²) in [6, 6.07) is 5.95. The zero-order chi connectivity index (χ0) is 21.2. The number of aromatic nitrogens is 2. The second-order valence-corrected chi connectivity index (χ2v) is 9.17. The number of carbonyl (C=O) groups excluding carboxylic acids is 1. The quantitative estimate of drug-likeness (QED) is 0.733. The van der Waals surface area contributed by atoms with E-state index in [1.165, 1.54) is 29.0 Å². The van der Waals surface area contributed by atoms with Gasteiger partial charge in [0.25, 0.3) is 10.0 Å². The van der Waals surface area contributed by atoms with Crippen molar-refractivity contribution in [2.24, 2.45) is 18.7 Å². The molecule has 2 N–H and O–H groups in total. The molecular weight excluding hydrogens is 399 g/mol. The molecule has 0 spiro atoms. The van der Waals surface area contributed by atoms with E-state index in [0.29, 0.717) is 6.42 Å². The highest BCUT2D eigenvalue weighted by Gasteiger charge is 2.45. The summed E-state index contributed by atoms with van der Waals surface area (Å²) in [7, 11) is -2.13. The number of nitrogens with two attached hydrogens (primary N) is 1. The molecule has 1 aliphatic rings. The lowest BCUT2D eigenvalue weighted by Crippen LogP contribution is -2.34. The number of carbonyl (C=O) groups is 1. The minimum Gasteiger partial charge on any atom is -0.446 e. The first-order valence-electron chi connectivity index (χ1n) is 9.42. The first-order valence-corrected chi connectivity index (χ1v) is 10.9. The molecule has 3 atom stereocenters. The Morgan fingerprint density at radius 1 is 1.34 bits per heavy atom. The first-order chi connectivity index (χ1) is 13.7. The van der Waals surface area contributed by atoms with Gasteiger partial charge in [-0.25, -0.2) is 22.6 Å². The molecule has 1 amide bonds. The van der Waals surface area contributed by atoms with Gasteiger partial charge in [-0.1, -0.05) is 25.5 Å². The highest BCUT2D eigenvalue weighted by Crippen LogP contribution is 2.39. The summed E-state index contributed by atoms with van der Waals surface area (Å²) < 4.78 is 47.8. The summed E-state index contributed by atoms with van der Waals surface area (Å²) >= 11 is 0.